The highest BCUT2D eigenvalue weighted by molar-refractivity contribution is 5.78. The smallest absolute Gasteiger partial charge is 0.223 e. The minimum absolute atomic E-state index is 0.0754. The number of carbonyl (C=O) groups is 1. The third-order valence-electron chi connectivity index (χ3n) is 3.75. The molecule has 1 atom stereocenters. The van der Waals surface area contributed by atoms with Crippen LogP contribution in [0.25, 0.3) is 0 Å². The van der Waals surface area contributed by atoms with Crippen molar-refractivity contribution >= 4 is 5.91 Å². The molecule has 1 aliphatic carbocycles. The Kier molecular flexibility index (Phi) is 5.26. The van der Waals surface area contributed by atoms with Crippen LogP contribution in [0.5, 0.6) is 0 Å². The summed E-state index contributed by atoms with van der Waals surface area (Å²) in [6, 6.07) is 0.0754. The Hall–Kier alpha value is -0.570. The van der Waals surface area contributed by atoms with Crippen molar-refractivity contribution in [2.75, 3.05) is 6.54 Å². The first-order chi connectivity index (χ1) is 7.50. The van der Waals surface area contributed by atoms with Crippen molar-refractivity contribution in [2.24, 2.45) is 23.5 Å². The molecule has 0 spiro atoms. The maximum atomic E-state index is 11.9. The topological polar surface area (TPSA) is 55.1 Å². The lowest BCUT2D eigenvalue weighted by atomic mass is 9.82. The van der Waals surface area contributed by atoms with Crippen molar-refractivity contribution < 1.29 is 4.79 Å². The second kappa shape index (κ2) is 6.24. The third-order valence-corrected chi connectivity index (χ3v) is 3.75. The second-order valence-electron chi connectivity index (χ2n) is 5.61. The Morgan fingerprint density at radius 2 is 1.88 bits per heavy atom. The van der Waals surface area contributed by atoms with Gasteiger partial charge in [-0.25, -0.2) is 0 Å². The molecule has 1 fully saturated rings. The van der Waals surface area contributed by atoms with E-state index in [1.165, 1.54) is 12.8 Å². The standard InChI is InChI=1S/C13H26N2O/c1-9(2)12(14)8-15-13(16)11-6-4-10(3)5-7-11/h9-12H,4-8,14H2,1-3H3,(H,15,16). The molecule has 1 unspecified atom stereocenters. The quantitative estimate of drug-likeness (QED) is 0.769. The molecule has 1 amide bonds. The van der Waals surface area contributed by atoms with E-state index in [1.807, 2.05) is 0 Å². The largest absolute Gasteiger partial charge is 0.354 e. The third kappa shape index (κ3) is 4.12. The zero-order valence-corrected chi connectivity index (χ0v) is 10.8. The summed E-state index contributed by atoms with van der Waals surface area (Å²) in [7, 11) is 0. The predicted molar refractivity (Wildman–Crippen MR) is 66.9 cm³/mol. The lowest BCUT2D eigenvalue weighted by Gasteiger charge is -2.26. The Balaban J connectivity index is 2.25. The van der Waals surface area contributed by atoms with E-state index in [2.05, 4.69) is 26.1 Å². The van der Waals surface area contributed by atoms with Crippen LogP contribution in [0.2, 0.25) is 0 Å². The Bertz CT molecular complexity index is 220. The SMILES string of the molecule is CC1CCC(C(=O)NCC(N)C(C)C)CC1. The number of nitrogens with two attached hydrogens (primary N) is 1. The lowest BCUT2D eigenvalue weighted by molar-refractivity contribution is -0.126. The summed E-state index contributed by atoms with van der Waals surface area (Å²) in [4.78, 5) is 11.9. The zero-order chi connectivity index (χ0) is 12.1. The highest BCUT2D eigenvalue weighted by Crippen LogP contribution is 2.28. The second-order valence-corrected chi connectivity index (χ2v) is 5.61. The lowest BCUT2D eigenvalue weighted by Crippen LogP contribution is -2.43. The van der Waals surface area contributed by atoms with Gasteiger partial charge in [-0.2, -0.15) is 0 Å². The Labute approximate surface area is 99.2 Å². The molecule has 0 saturated heterocycles. The molecule has 0 aromatic heterocycles. The normalized spacial score (nSPS) is 27.8. The first-order valence-corrected chi connectivity index (χ1v) is 6.54. The molecule has 1 aliphatic rings. The summed E-state index contributed by atoms with van der Waals surface area (Å²) in [5.41, 5.74) is 5.90. The summed E-state index contributed by atoms with van der Waals surface area (Å²) in [5, 5.41) is 2.98. The number of hydrogen-bond acceptors (Lipinski definition) is 2. The van der Waals surface area contributed by atoms with E-state index in [4.69, 9.17) is 5.73 Å². The molecule has 0 bridgehead atoms. The molecule has 3 heteroatoms. The van der Waals surface area contributed by atoms with Crippen molar-refractivity contribution in [3.05, 3.63) is 0 Å². The summed E-state index contributed by atoms with van der Waals surface area (Å²) in [6.45, 7) is 7.05. The minimum atomic E-state index is 0.0754. The van der Waals surface area contributed by atoms with E-state index in [9.17, 15) is 4.79 Å². The molecule has 0 heterocycles. The molecule has 94 valence electrons. The molecule has 0 aliphatic heterocycles. The van der Waals surface area contributed by atoms with Gasteiger partial charge in [0, 0.05) is 18.5 Å². The molecule has 1 rings (SSSR count). The Morgan fingerprint density at radius 3 is 2.38 bits per heavy atom. The maximum Gasteiger partial charge on any atom is 0.223 e. The number of rotatable bonds is 4. The van der Waals surface area contributed by atoms with E-state index in [0.717, 1.165) is 18.8 Å². The fraction of sp³-hybridized carbons (Fsp3) is 0.923. The number of amides is 1. The van der Waals surface area contributed by atoms with Gasteiger partial charge < -0.3 is 11.1 Å². The average Bonchev–Trinajstić information content (AvgIpc) is 2.26. The molecule has 1 saturated carbocycles. The fourth-order valence-electron chi connectivity index (χ4n) is 2.12. The van der Waals surface area contributed by atoms with Gasteiger partial charge in [0.05, 0.1) is 0 Å². The van der Waals surface area contributed by atoms with Gasteiger partial charge in [-0.05, 0) is 37.5 Å². The van der Waals surface area contributed by atoms with Gasteiger partial charge in [-0.1, -0.05) is 20.8 Å². The van der Waals surface area contributed by atoms with Crippen LogP contribution in [-0.4, -0.2) is 18.5 Å². The van der Waals surface area contributed by atoms with Crippen molar-refractivity contribution in [1.29, 1.82) is 0 Å². The highest BCUT2D eigenvalue weighted by Gasteiger charge is 2.24. The van der Waals surface area contributed by atoms with Crippen molar-refractivity contribution in [1.82, 2.24) is 5.32 Å². The van der Waals surface area contributed by atoms with Crippen molar-refractivity contribution in [2.45, 2.75) is 52.5 Å². The summed E-state index contributed by atoms with van der Waals surface area (Å²) >= 11 is 0. The molecule has 0 radical (unpaired) electrons. The van der Waals surface area contributed by atoms with Crippen LogP contribution in [0, 0.1) is 17.8 Å². The van der Waals surface area contributed by atoms with Gasteiger partial charge >= 0.3 is 0 Å². The van der Waals surface area contributed by atoms with E-state index in [0.29, 0.717) is 12.5 Å². The van der Waals surface area contributed by atoms with Gasteiger partial charge in [-0.3, -0.25) is 4.79 Å². The Morgan fingerprint density at radius 1 is 1.31 bits per heavy atom. The van der Waals surface area contributed by atoms with E-state index < -0.39 is 0 Å². The summed E-state index contributed by atoms with van der Waals surface area (Å²) < 4.78 is 0. The van der Waals surface area contributed by atoms with Crippen LogP contribution in [0.1, 0.15) is 46.5 Å². The molecule has 0 aromatic carbocycles. The number of nitrogens with one attached hydrogen (secondary N) is 1. The predicted octanol–water partition coefficient (Wildman–Crippen LogP) is 1.91. The van der Waals surface area contributed by atoms with E-state index in [-0.39, 0.29) is 17.9 Å². The average molecular weight is 226 g/mol. The van der Waals surface area contributed by atoms with Gasteiger partial charge in [0.2, 0.25) is 5.91 Å². The van der Waals surface area contributed by atoms with Gasteiger partial charge in [-0.15, -0.1) is 0 Å². The van der Waals surface area contributed by atoms with Crippen LogP contribution in [0.3, 0.4) is 0 Å². The summed E-state index contributed by atoms with van der Waals surface area (Å²) in [5.74, 6) is 1.66. The van der Waals surface area contributed by atoms with E-state index >= 15 is 0 Å². The van der Waals surface area contributed by atoms with Crippen LogP contribution < -0.4 is 11.1 Å². The monoisotopic (exact) mass is 226 g/mol. The van der Waals surface area contributed by atoms with Crippen LogP contribution in [0.15, 0.2) is 0 Å². The molecule has 16 heavy (non-hydrogen) atoms. The molecule has 0 aromatic rings. The molecule has 3 N–H and O–H groups in total. The van der Waals surface area contributed by atoms with Crippen LogP contribution >= 0.6 is 0 Å². The maximum absolute atomic E-state index is 11.9. The van der Waals surface area contributed by atoms with Crippen molar-refractivity contribution in [3.63, 3.8) is 0 Å². The fourth-order valence-corrected chi connectivity index (χ4v) is 2.12. The van der Waals surface area contributed by atoms with Gasteiger partial charge in [0.15, 0.2) is 0 Å². The van der Waals surface area contributed by atoms with Crippen molar-refractivity contribution in [3.8, 4) is 0 Å². The molecular formula is C13H26N2O. The van der Waals surface area contributed by atoms with Crippen LogP contribution in [0.4, 0.5) is 0 Å². The van der Waals surface area contributed by atoms with Gasteiger partial charge in [0.25, 0.3) is 0 Å². The molecule has 3 nitrogen and oxygen atoms in total. The van der Waals surface area contributed by atoms with Gasteiger partial charge in [0.1, 0.15) is 0 Å². The number of carbonyl (C=O) groups excluding carboxylic acids is 1. The molecular weight excluding hydrogens is 200 g/mol. The van der Waals surface area contributed by atoms with E-state index in [1.54, 1.807) is 0 Å². The summed E-state index contributed by atoms with van der Waals surface area (Å²) in [6.07, 6.45) is 4.47. The zero-order valence-electron chi connectivity index (χ0n) is 10.8. The first-order valence-electron chi connectivity index (χ1n) is 6.54. The number of hydrogen-bond donors (Lipinski definition) is 2. The first kappa shape index (κ1) is 13.5. The highest BCUT2D eigenvalue weighted by atomic mass is 16.1. The van der Waals surface area contributed by atoms with Crippen LogP contribution in [-0.2, 0) is 4.79 Å². The minimum Gasteiger partial charge on any atom is -0.354 e.